The third kappa shape index (κ3) is 3.45. The lowest BCUT2D eigenvalue weighted by molar-refractivity contribution is -0.142. The zero-order valence-electron chi connectivity index (χ0n) is 10.6. The van der Waals surface area contributed by atoms with Gasteiger partial charge in [0.15, 0.2) is 5.13 Å². The maximum atomic E-state index is 11.8. The maximum absolute atomic E-state index is 11.8. The van der Waals surface area contributed by atoms with E-state index in [1.54, 1.807) is 17.2 Å². The van der Waals surface area contributed by atoms with Crippen LogP contribution < -0.4 is 4.90 Å². The van der Waals surface area contributed by atoms with Crippen molar-refractivity contribution in [3.05, 3.63) is 11.1 Å². The van der Waals surface area contributed by atoms with Crippen molar-refractivity contribution in [2.75, 3.05) is 23.9 Å². The van der Waals surface area contributed by atoms with Crippen molar-refractivity contribution in [2.24, 2.45) is 5.92 Å². The molecule has 7 heteroatoms. The Morgan fingerprint density at radius 3 is 3.11 bits per heavy atom. The van der Waals surface area contributed by atoms with E-state index < -0.39 is 0 Å². The molecule has 1 aliphatic rings. The molecule has 1 amide bonds. The molecule has 1 atom stereocenters. The van der Waals surface area contributed by atoms with Crippen LogP contribution in [0.1, 0.15) is 19.0 Å². The highest BCUT2D eigenvalue weighted by Gasteiger charge is 2.31. The van der Waals surface area contributed by atoms with Gasteiger partial charge in [-0.3, -0.25) is 14.5 Å². The normalized spacial score (nSPS) is 18.9. The lowest BCUT2D eigenvalue weighted by Crippen LogP contribution is -2.24. The first-order valence-corrected chi connectivity index (χ1v) is 7.51. The molecular weight excluding hydrogens is 288 g/mol. The molecule has 1 aliphatic heterocycles. The first kappa shape index (κ1) is 14.3. The number of alkyl halides is 1. The van der Waals surface area contributed by atoms with E-state index in [4.69, 9.17) is 16.3 Å². The van der Waals surface area contributed by atoms with Crippen LogP contribution in [0.5, 0.6) is 0 Å². The molecule has 1 fully saturated rings. The number of anilines is 1. The minimum Gasteiger partial charge on any atom is -0.466 e. The van der Waals surface area contributed by atoms with Crippen molar-refractivity contribution in [3.63, 3.8) is 0 Å². The Labute approximate surface area is 120 Å². The first-order valence-electron chi connectivity index (χ1n) is 6.10. The summed E-state index contributed by atoms with van der Waals surface area (Å²) in [6, 6.07) is 0. The van der Waals surface area contributed by atoms with Crippen molar-refractivity contribution >= 4 is 39.9 Å². The number of aromatic nitrogens is 1. The molecule has 1 unspecified atom stereocenters. The molecule has 0 saturated carbocycles. The third-order valence-corrected chi connectivity index (χ3v) is 4.17. The largest absolute Gasteiger partial charge is 0.466 e. The molecule has 0 aromatic carbocycles. The number of rotatable bonds is 5. The molecule has 19 heavy (non-hydrogen) atoms. The number of thiazole rings is 1. The molecule has 0 N–H and O–H groups in total. The summed E-state index contributed by atoms with van der Waals surface area (Å²) in [7, 11) is 0. The molecule has 5 nitrogen and oxygen atoms in total. The van der Waals surface area contributed by atoms with Crippen molar-refractivity contribution in [3.8, 4) is 0 Å². The second-order valence-corrected chi connectivity index (χ2v) is 5.48. The summed E-state index contributed by atoms with van der Waals surface area (Å²) in [5.74, 6) is 0.406. The van der Waals surface area contributed by atoms with E-state index >= 15 is 0 Å². The Morgan fingerprint density at radius 2 is 2.47 bits per heavy atom. The van der Waals surface area contributed by atoms with Crippen LogP contribution in [0.4, 0.5) is 5.13 Å². The number of carbonyl (C=O) groups is 2. The number of carbonyl (C=O) groups excluding carboxylic acids is 2. The van der Waals surface area contributed by atoms with E-state index in [2.05, 4.69) is 4.98 Å². The van der Waals surface area contributed by atoms with E-state index in [0.29, 0.717) is 36.3 Å². The standard InChI is InChI=1S/C12H15ClN2O3S/c1-2-18-11(17)4-9-7-19-12(14-9)15-6-8(5-13)3-10(15)16/h7-8H,2-6H2,1H3. The van der Waals surface area contributed by atoms with Crippen LogP contribution in [0.2, 0.25) is 0 Å². The van der Waals surface area contributed by atoms with E-state index in [0.717, 1.165) is 0 Å². The predicted molar refractivity (Wildman–Crippen MR) is 73.6 cm³/mol. The minimum atomic E-state index is -0.300. The number of hydrogen-bond acceptors (Lipinski definition) is 5. The molecule has 0 radical (unpaired) electrons. The van der Waals surface area contributed by atoms with Crippen LogP contribution in [0.25, 0.3) is 0 Å². The summed E-state index contributed by atoms with van der Waals surface area (Å²) < 4.78 is 4.86. The van der Waals surface area contributed by atoms with Crippen LogP contribution >= 0.6 is 22.9 Å². The third-order valence-electron chi connectivity index (χ3n) is 2.82. The van der Waals surface area contributed by atoms with Gasteiger partial charge in [-0.05, 0) is 12.8 Å². The van der Waals surface area contributed by atoms with E-state index in [1.807, 2.05) is 0 Å². The van der Waals surface area contributed by atoms with Gasteiger partial charge in [0.25, 0.3) is 0 Å². The van der Waals surface area contributed by atoms with Crippen LogP contribution in [-0.4, -0.2) is 35.9 Å². The topological polar surface area (TPSA) is 59.5 Å². The minimum absolute atomic E-state index is 0.0442. The Bertz CT molecular complexity index is 477. The molecule has 0 bridgehead atoms. The van der Waals surface area contributed by atoms with Gasteiger partial charge in [-0.2, -0.15) is 0 Å². The van der Waals surface area contributed by atoms with Gasteiger partial charge in [0.1, 0.15) is 0 Å². The molecule has 2 heterocycles. The van der Waals surface area contributed by atoms with Crippen LogP contribution in [0.3, 0.4) is 0 Å². The number of esters is 1. The fraction of sp³-hybridized carbons (Fsp3) is 0.583. The molecule has 1 aromatic heterocycles. The van der Waals surface area contributed by atoms with Gasteiger partial charge in [0.05, 0.1) is 18.7 Å². The predicted octanol–water partition coefficient (Wildman–Crippen LogP) is 1.84. The van der Waals surface area contributed by atoms with Gasteiger partial charge < -0.3 is 4.74 Å². The molecule has 0 spiro atoms. The number of nitrogens with zero attached hydrogens (tertiary/aromatic N) is 2. The Kier molecular flexibility index (Phi) is 4.76. The van der Waals surface area contributed by atoms with E-state index in [-0.39, 0.29) is 24.2 Å². The summed E-state index contributed by atoms with van der Waals surface area (Å²) in [6.45, 7) is 2.73. The summed E-state index contributed by atoms with van der Waals surface area (Å²) in [5, 5.41) is 2.42. The average Bonchev–Trinajstić information content (AvgIpc) is 2.96. The Balaban J connectivity index is 2.01. The van der Waals surface area contributed by atoms with Gasteiger partial charge in [0.2, 0.25) is 5.91 Å². The molecule has 104 valence electrons. The van der Waals surface area contributed by atoms with Gasteiger partial charge >= 0.3 is 5.97 Å². The van der Waals surface area contributed by atoms with Gasteiger partial charge in [0, 0.05) is 24.2 Å². The zero-order valence-corrected chi connectivity index (χ0v) is 12.2. The fourth-order valence-electron chi connectivity index (χ4n) is 1.93. The molecule has 1 aromatic rings. The van der Waals surface area contributed by atoms with Crippen LogP contribution in [0.15, 0.2) is 5.38 Å². The Hall–Kier alpha value is -1.14. The number of halogens is 1. The molecule has 0 aliphatic carbocycles. The van der Waals surface area contributed by atoms with Crippen molar-refractivity contribution in [1.29, 1.82) is 0 Å². The smallest absolute Gasteiger partial charge is 0.311 e. The lowest BCUT2D eigenvalue weighted by Gasteiger charge is -2.11. The SMILES string of the molecule is CCOC(=O)Cc1csc(N2CC(CCl)CC2=O)n1. The zero-order chi connectivity index (χ0) is 13.8. The lowest BCUT2D eigenvalue weighted by atomic mass is 10.2. The summed E-state index contributed by atoms with van der Waals surface area (Å²) >= 11 is 7.14. The first-order chi connectivity index (χ1) is 9.13. The highest BCUT2D eigenvalue weighted by molar-refractivity contribution is 7.14. The summed E-state index contributed by atoms with van der Waals surface area (Å²) in [4.78, 5) is 29.1. The number of hydrogen-bond donors (Lipinski definition) is 0. The summed E-state index contributed by atoms with van der Waals surface area (Å²) in [6.07, 6.45) is 0.613. The van der Waals surface area contributed by atoms with Crippen molar-refractivity contribution in [1.82, 2.24) is 4.98 Å². The van der Waals surface area contributed by atoms with Crippen LogP contribution in [-0.2, 0) is 20.7 Å². The quantitative estimate of drug-likeness (QED) is 0.615. The van der Waals surface area contributed by atoms with E-state index in [9.17, 15) is 9.59 Å². The van der Waals surface area contributed by atoms with Gasteiger partial charge in [-0.1, -0.05) is 0 Å². The summed E-state index contributed by atoms with van der Waals surface area (Å²) in [5.41, 5.74) is 0.639. The number of amides is 1. The average molecular weight is 303 g/mol. The van der Waals surface area contributed by atoms with Gasteiger partial charge in [-0.25, -0.2) is 4.98 Å². The number of ether oxygens (including phenoxy) is 1. The van der Waals surface area contributed by atoms with Crippen molar-refractivity contribution in [2.45, 2.75) is 19.8 Å². The monoisotopic (exact) mass is 302 g/mol. The molecule has 2 rings (SSSR count). The Morgan fingerprint density at radius 1 is 1.68 bits per heavy atom. The van der Waals surface area contributed by atoms with E-state index in [1.165, 1.54) is 11.3 Å². The maximum Gasteiger partial charge on any atom is 0.311 e. The molecule has 1 saturated heterocycles. The van der Waals surface area contributed by atoms with Gasteiger partial charge in [-0.15, -0.1) is 22.9 Å². The van der Waals surface area contributed by atoms with Crippen molar-refractivity contribution < 1.29 is 14.3 Å². The fourth-order valence-corrected chi connectivity index (χ4v) is 2.99. The highest BCUT2D eigenvalue weighted by Crippen LogP contribution is 2.28. The highest BCUT2D eigenvalue weighted by atomic mass is 35.5. The second kappa shape index (κ2) is 6.34. The molecular formula is C12H15ClN2O3S. The van der Waals surface area contributed by atoms with Crippen LogP contribution in [0, 0.1) is 5.92 Å². The second-order valence-electron chi connectivity index (χ2n) is 4.33.